The molecule has 0 aromatic heterocycles. The lowest BCUT2D eigenvalue weighted by Crippen LogP contribution is -2.35. The van der Waals surface area contributed by atoms with Crippen molar-refractivity contribution in [3.8, 4) is 0 Å². The Balaban J connectivity index is 2.18. The van der Waals surface area contributed by atoms with Crippen molar-refractivity contribution in [2.45, 2.75) is 20.3 Å². The third kappa shape index (κ3) is 2.05. The number of anilines is 3. The van der Waals surface area contributed by atoms with Gasteiger partial charge in [-0.1, -0.05) is 37.3 Å². The van der Waals surface area contributed by atoms with Crippen LogP contribution in [0, 0.1) is 6.92 Å². The first kappa shape index (κ1) is 12.7. The monoisotopic (exact) mass is 266 g/mol. The molecule has 1 aliphatic heterocycles. The van der Waals surface area contributed by atoms with E-state index in [1.807, 2.05) is 18.2 Å². The summed E-state index contributed by atoms with van der Waals surface area (Å²) in [4.78, 5) is 14.1. The molecule has 20 heavy (non-hydrogen) atoms. The maximum atomic E-state index is 12.0. The largest absolute Gasteiger partial charge is 0.330 e. The van der Waals surface area contributed by atoms with Gasteiger partial charge in [0.1, 0.15) is 6.54 Å². The molecular weight excluding hydrogens is 248 g/mol. The van der Waals surface area contributed by atoms with E-state index in [4.69, 9.17) is 0 Å². The molecule has 1 aliphatic rings. The van der Waals surface area contributed by atoms with E-state index in [9.17, 15) is 4.79 Å². The van der Waals surface area contributed by atoms with Crippen LogP contribution in [0.1, 0.15) is 18.1 Å². The van der Waals surface area contributed by atoms with E-state index in [-0.39, 0.29) is 5.91 Å². The van der Waals surface area contributed by atoms with Crippen molar-refractivity contribution < 1.29 is 4.79 Å². The van der Waals surface area contributed by atoms with E-state index in [2.05, 4.69) is 48.3 Å². The Morgan fingerprint density at radius 2 is 1.95 bits per heavy atom. The van der Waals surface area contributed by atoms with Crippen molar-refractivity contribution in [3.05, 3.63) is 53.6 Å². The minimum absolute atomic E-state index is 0.0361. The highest BCUT2D eigenvalue weighted by atomic mass is 16.2. The van der Waals surface area contributed by atoms with Crippen LogP contribution in [-0.4, -0.2) is 12.5 Å². The molecule has 0 fully saturated rings. The fraction of sp³-hybridized carbons (Fsp3) is 0.235. The summed E-state index contributed by atoms with van der Waals surface area (Å²) < 4.78 is 0. The summed E-state index contributed by atoms with van der Waals surface area (Å²) >= 11 is 0. The number of carbonyl (C=O) groups is 1. The molecule has 1 N–H and O–H groups in total. The zero-order valence-corrected chi connectivity index (χ0v) is 11.8. The van der Waals surface area contributed by atoms with E-state index in [1.54, 1.807) is 0 Å². The molecule has 0 bridgehead atoms. The highest BCUT2D eigenvalue weighted by Gasteiger charge is 2.25. The predicted molar refractivity (Wildman–Crippen MR) is 82.6 cm³/mol. The van der Waals surface area contributed by atoms with E-state index in [1.165, 1.54) is 11.1 Å². The molecule has 0 spiro atoms. The normalized spacial score (nSPS) is 13.9. The molecule has 3 nitrogen and oxygen atoms in total. The molecule has 0 unspecified atom stereocenters. The van der Waals surface area contributed by atoms with Crippen LogP contribution in [-0.2, 0) is 11.2 Å². The molecule has 0 aliphatic carbocycles. The second kappa shape index (κ2) is 5.00. The minimum atomic E-state index is 0.0361. The van der Waals surface area contributed by atoms with Crippen molar-refractivity contribution in [3.63, 3.8) is 0 Å². The van der Waals surface area contributed by atoms with Crippen molar-refractivity contribution in [2.75, 3.05) is 16.8 Å². The van der Waals surface area contributed by atoms with Crippen LogP contribution in [0.25, 0.3) is 0 Å². The lowest BCUT2D eigenvalue weighted by atomic mass is 10.0. The maximum Gasteiger partial charge on any atom is 0.244 e. The molecule has 0 saturated carbocycles. The molecule has 0 radical (unpaired) electrons. The first-order valence-corrected chi connectivity index (χ1v) is 6.95. The molecular formula is C17H18N2O. The van der Waals surface area contributed by atoms with Crippen molar-refractivity contribution in [1.82, 2.24) is 0 Å². The minimum Gasteiger partial charge on any atom is -0.330 e. The molecule has 1 amide bonds. The smallest absolute Gasteiger partial charge is 0.244 e. The number of hydrogen-bond acceptors (Lipinski definition) is 2. The molecule has 3 rings (SSSR count). The fourth-order valence-corrected chi connectivity index (χ4v) is 2.82. The zero-order valence-electron chi connectivity index (χ0n) is 11.8. The van der Waals surface area contributed by atoms with E-state index in [0.717, 1.165) is 23.5 Å². The van der Waals surface area contributed by atoms with Crippen LogP contribution in [0.3, 0.4) is 0 Å². The van der Waals surface area contributed by atoms with Gasteiger partial charge in [-0.3, -0.25) is 4.79 Å². The summed E-state index contributed by atoms with van der Waals surface area (Å²) in [6.45, 7) is 4.62. The Hall–Kier alpha value is -2.29. The van der Waals surface area contributed by atoms with E-state index >= 15 is 0 Å². The number of nitrogens with zero attached hydrogens (tertiary/aromatic N) is 1. The van der Waals surface area contributed by atoms with Crippen LogP contribution in [0.5, 0.6) is 0 Å². The van der Waals surface area contributed by atoms with Gasteiger partial charge in [-0.2, -0.15) is 0 Å². The van der Waals surface area contributed by atoms with Gasteiger partial charge >= 0.3 is 0 Å². The van der Waals surface area contributed by atoms with E-state index in [0.29, 0.717) is 6.54 Å². The summed E-state index contributed by atoms with van der Waals surface area (Å²) in [6.07, 6.45) is 0.956. The summed E-state index contributed by atoms with van der Waals surface area (Å²) in [7, 11) is 0. The summed E-state index contributed by atoms with van der Waals surface area (Å²) in [6, 6.07) is 14.3. The van der Waals surface area contributed by atoms with Gasteiger partial charge in [-0.25, -0.2) is 0 Å². The lowest BCUT2D eigenvalue weighted by molar-refractivity contribution is -0.115. The van der Waals surface area contributed by atoms with Crippen LogP contribution < -0.4 is 10.2 Å². The SMILES string of the molecule is CCc1cccc(C)c1N1CC(=O)Nc2ccccc21. The van der Waals surface area contributed by atoms with Gasteiger partial charge in [0.2, 0.25) is 5.91 Å². The van der Waals surface area contributed by atoms with Gasteiger partial charge in [-0.15, -0.1) is 0 Å². The zero-order chi connectivity index (χ0) is 14.1. The number of benzene rings is 2. The second-order valence-electron chi connectivity index (χ2n) is 5.09. The highest BCUT2D eigenvalue weighted by Crippen LogP contribution is 2.38. The number of aryl methyl sites for hydroxylation is 2. The number of para-hydroxylation sites is 3. The van der Waals surface area contributed by atoms with Crippen molar-refractivity contribution in [2.24, 2.45) is 0 Å². The van der Waals surface area contributed by atoms with Gasteiger partial charge in [0.25, 0.3) is 0 Å². The van der Waals surface area contributed by atoms with Gasteiger partial charge in [0.05, 0.1) is 11.4 Å². The fourth-order valence-electron chi connectivity index (χ4n) is 2.82. The number of carbonyl (C=O) groups excluding carboxylic acids is 1. The molecule has 2 aromatic rings. The van der Waals surface area contributed by atoms with Crippen LogP contribution in [0.15, 0.2) is 42.5 Å². The molecule has 1 heterocycles. The first-order chi connectivity index (χ1) is 9.70. The summed E-state index contributed by atoms with van der Waals surface area (Å²) in [5.41, 5.74) is 5.59. The van der Waals surface area contributed by atoms with Crippen molar-refractivity contribution >= 4 is 23.0 Å². The number of fused-ring (bicyclic) bond motifs is 1. The molecule has 102 valence electrons. The maximum absolute atomic E-state index is 12.0. The topological polar surface area (TPSA) is 32.3 Å². The standard InChI is InChI=1S/C17H18N2O/c1-3-13-8-6-7-12(2)17(13)19-11-16(20)18-14-9-4-5-10-15(14)19/h4-10H,3,11H2,1-2H3,(H,18,20). The highest BCUT2D eigenvalue weighted by molar-refractivity contribution is 6.03. The quantitative estimate of drug-likeness (QED) is 0.900. The van der Waals surface area contributed by atoms with Crippen LogP contribution in [0.4, 0.5) is 17.1 Å². The predicted octanol–water partition coefficient (Wildman–Crippen LogP) is 3.65. The van der Waals surface area contributed by atoms with Gasteiger partial charge < -0.3 is 10.2 Å². The van der Waals surface area contributed by atoms with Crippen LogP contribution >= 0.6 is 0 Å². The Kier molecular flexibility index (Phi) is 3.18. The Morgan fingerprint density at radius 3 is 2.75 bits per heavy atom. The summed E-state index contributed by atoms with van der Waals surface area (Å²) in [5.74, 6) is 0.0361. The number of nitrogens with one attached hydrogen (secondary N) is 1. The van der Waals surface area contributed by atoms with Crippen molar-refractivity contribution in [1.29, 1.82) is 0 Å². The third-order valence-corrected chi connectivity index (χ3v) is 3.74. The lowest BCUT2D eigenvalue weighted by Gasteiger charge is -2.33. The van der Waals surface area contributed by atoms with Gasteiger partial charge in [0.15, 0.2) is 0 Å². The summed E-state index contributed by atoms with van der Waals surface area (Å²) in [5, 5.41) is 2.94. The molecule has 3 heteroatoms. The second-order valence-corrected chi connectivity index (χ2v) is 5.09. The average molecular weight is 266 g/mol. The number of hydrogen-bond donors (Lipinski definition) is 1. The Bertz CT molecular complexity index is 664. The number of amides is 1. The third-order valence-electron chi connectivity index (χ3n) is 3.74. The van der Waals surface area contributed by atoms with Gasteiger partial charge in [0, 0.05) is 5.69 Å². The Labute approximate surface area is 119 Å². The first-order valence-electron chi connectivity index (χ1n) is 6.95. The Morgan fingerprint density at radius 1 is 1.15 bits per heavy atom. The van der Waals surface area contributed by atoms with Crippen LogP contribution in [0.2, 0.25) is 0 Å². The number of rotatable bonds is 2. The average Bonchev–Trinajstić information content (AvgIpc) is 2.46. The van der Waals surface area contributed by atoms with E-state index < -0.39 is 0 Å². The molecule has 0 atom stereocenters. The molecule has 0 saturated heterocycles. The van der Waals surface area contributed by atoms with Gasteiger partial charge in [-0.05, 0) is 36.6 Å². The molecule has 2 aromatic carbocycles.